The minimum Gasteiger partial charge on any atom is -0.318 e. The molecule has 4 nitrogen and oxygen atoms in total. The molecule has 0 radical (unpaired) electrons. The molecule has 0 saturated carbocycles. The number of aryl methyl sites for hydroxylation is 1. The Kier molecular flexibility index (Phi) is 4.91. The van der Waals surface area contributed by atoms with Crippen molar-refractivity contribution < 1.29 is 9.18 Å². The number of rotatable bonds is 4. The van der Waals surface area contributed by atoms with E-state index >= 15 is 0 Å². The maximum Gasteiger partial charge on any atom is 0.267 e. The highest BCUT2D eigenvalue weighted by Gasteiger charge is 2.20. The maximum absolute atomic E-state index is 13.4. The van der Waals surface area contributed by atoms with Crippen molar-refractivity contribution in [1.82, 2.24) is 9.78 Å². The number of nitrogens with one attached hydrogen (secondary N) is 1. The summed E-state index contributed by atoms with van der Waals surface area (Å²) < 4.78 is 16.2. The van der Waals surface area contributed by atoms with E-state index in [1.807, 2.05) is 44.2 Å². The number of anilines is 1. The summed E-state index contributed by atoms with van der Waals surface area (Å²) in [4.78, 5) is 13.3. The molecule has 2 aromatic heterocycles. The number of nitrogens with zero attached hydrogens (tertiary/aromatic N) is 2. The Morgan fingerprint density at radius 2 is 2.00 bits per heavy atom. The van der Waals surface area contributed by atoms with E-state index in [1.165, 1.54) is 23.5 Å². The van der Waals surface area contributed by atoms with Gasteiger partial charge in [0.15, 0.2) is 0 Å². The Bertz CT molecular complexity index is 1200. The van der Waals surface area contributed by atoms with Gasteiger partial charge < -0.3 is 5.32 Å². The van der Waals surface area contributed by atoms with E-state index in [0.29, 0.717) is 27.8 Å². The van der Waals surface area contributed by atoms with Crippen molar-refractivity contribution in [2.75, 3.05) is 5.32 Å². The van der Waals surface area contributed by atoms with Crippen LogP contribution in [0.2, 0.25) is 5.02 Å². The van der Waals surface area contributed by atoms with Gasteiger partial charge in [-0.3, -0.25) is 9.48 Å². The number of hydrogen-bond donors (Lipinski definition) is 1. The van der Waals surface area contributed by atoms with Gasteiger partial charge in [-0.25, -0.2) is 4.39 Å². The SMILES string of the molecule is Cc1nn(Cc2cccc(F)c2)c(C)c1NC(=O)c1sc2ccccc2c1Cl. The van der Waals surface area contributed by atoms with Gasteiger partial charge in [0.25, 0.3) is 5.91 Å². The highest BCUT2D eigenvalue weighted by atomic mass is 35.5. The molecule has 4 aromatic rings. The minimum absolute atomic E-state index is 0.261. The van der Waals surface area contributed by atoms with Crippen LogP contribution in [-0.2, 0) is 6.54 Å². The molecular weight excluding hydrogens is 397 g/mol. The molecular formula is C21H17ClFN3OS. The van der Waals surface area contributed by atoms with Crippen LogP contribution in [0.5, 0.6) is 0 Å². The third-order valence-corrected chi connectivity index (χ3v) is 6.26. The summed E-state index contributed by atoms with van der Waals surface area (Å²) in [6.07, 6.45) is 0. The van der Waals surface area contributed by atoms with Crippen LogP contribution >= 0.6 is 22.9 Å². The Morgan fingerprint density at radius 3 is 2.75 bits per heavy atom. The largest absolute Gasteiger partial charge is 0.318 e. The van der Waals surface area contributed by atoms with Crippen molar-refractivity contribution >= 4 is 44.6 Å². The Balaban J connectivity index is 1.62. The third kappa shape index (κ3) is 3.41. The molecule has 2 heterocycles. The first-order valence-corrected chi connectivity index (χ1v) is 9.90. The number of halogens is 2. The zero-order chi connectivity index (χ0) is 19.8. The van der Waals surface area contributed by atoms with Gasteiger partial charge in [0.1, 0.15) is 10.7 Å². The van der Waals surface area contributed by atoms with Crippen LogP contribution in [0.4, 0.5) is 10.1 Å². The second-order valence-electron chi connectivity index (χ2n) is 6.53. The number of carbonyl (C=O) groups excluding carboxylic acids is 1. The van der Waals surface area contributed by atoms with Crippen molar-refractivity contribution in [2.24, 2.45) is 0 Å². The summed E-state index contributed by atoms with van der Waals surface area (Å²) in [5.41, 5.74) is 2.94. The van der Waals surface area contributed by atoms with Gasteiger partial charge in [0.05, 0.1) is 28.6 Å². The summed E-state index contributed by atoms with van der Waals surface area (Å²) in [7, 11) is 0. The summed E-state index contributed by atoms with van der Waals surface area (Å²) in [6, 6.07) is 14.1. The van der Waals surface area contributed by atoms with Crippen LogP contribution in [0.15, 0.2) is 48.5 Å². The molecule has 0 saturated heterocycles. The molecule has 0 bridgehead atoms. The average Bonchev–Trinajstić information content (AvgIpc) is 3.14. The van der Waals surface area contributed by atoms with Crippen molar-refractivity contribution in [2.45, 2.75) is 20.4 Å². The van der Waals surface area contributed by atoms with Crippen LogP contribution in [0, 0.1) is 19.7 Å². The molecule has 7 heteroatoms. The number of aromatic nitrogens is 2. The fraction of sp³-hybridized carbons (Fsp3) is 0.143. The molecule has 2 aromatic carbocycles. The molecule has 1 amide bonds. The second kappa shape index (κ2) is 7.37. The van der Waals surface area contributed by atoms with Crippen molar-refractivity contribution in [3.63, 3.8) is 0 Å². The normalized spacial score (nSPS) is 11.1. The minimum atomic E-state index is -0.285. The lowest BCUT2D eigenvalue weighted by molar-refractivity contribution is 0.103. The van der Waals surface area contributed by atoms with Crippen LogP contribution in [0.25, 0.3) is 10.1 Å². The fourth-order valence-corrected chi connectivity index (χ4v) is 4.58. The zero-order valence-corrected chi connectivity index (χ0v) is 16.9. The Hall–Kier alpha value is -2.70. The van der Waals surface area contributed by atoms with E-state index in [-0.39, 0.29) is 11.7 Å². The lowest BCUT2D eigenvalue weighted by Gasteiger charge is -2.07. The fourth-order valence-electron chi connectivity index (χ4n) is 3.17. The molecule has 0 aliphatic carbocycles. The number of benzene rings is 2. The van der Waals surface area contributed by atoms with Crippen molar-refractivity contribution in [3.8, 4) is 0 Å². The molecule has 0 aliphatic rings. The first-order chi connectivity index (χ1) is 13.4. The standard InChI is InChI=1S/C21H17ClFN3OS/c1-12-19(13(2)26(25-12)11-14-6-5-7-15(23)10-14)24-21(27)20-18(22)16-8-3-4-9-17(16)28-20/h3-10H,11H2,1-2H3,(H,24,27). The van der Waals surface area contributed by atoms with Gasteiger partial charge in [0, 0.05) is 10.1 Å². The topological polar surface area (TPSA) is 46.9 Å². The van der Waals surface area contributed by atoms with Crippen molar-refractivity contribution in [3.05, 3.63) is 81.2 Å². The quantitative estimate of drug-likeness (QED) is 0.459. The number of fused-ring (bicyclic) bond motifs is 1. The van der Waals surface area contributed by atoms with Crippen LogP contribution < -0.4 is 5.32 Å². The number of amides is 1. The molecule has 1 N–H and O–H groups in total. The predicted molar refractivity (Wildman–Crippen MR) is 112 cm³/mol. The highest BCUT2D eigenvalue weighted by molar-refractivity contribution is 7.21. The van der Waals surface area contributed by atoms with Gasteiger partial charge in [-0.15, -0.1) is 11.3 Å². The first kappa shape index (κ1) is 18.7. The van der Waals surface area contributed by atoms with Gasteiger partial charge in [-0.05, 0) is 37.6 Å². The monoisotopic (exact) mass is 413 g/mol. The Labute approximate surface area is 170 Å². The highest BCUT2D eigenvalue weighted by Crippen LogP contribution is 2.36. The van der Waals surface area contributed by atoms with Crippen LogP contribution in [0.3, 0.4) is 0 Å². The van der Waals surface area contributed by atoms with E-state index in [2.05, 4.69) is 10.4 Å². The summed E-state index contributed by atoms with van der Waals surface area (Å²) in [5.74, 6) is -0.547. The molecule has 0 unspecified atom stereocenters. The molecule has 4 rings (SSSR count). The molecule has 0 fully saturated rings. The Morgan fingerprint density at radius 1 is 1.21 bits per heavy atom. The number of hydrogen-bond acceptors (Lipinski definition) is 3. The average molecular weight is 414 g/mol. The van der Waals surface area contributed by atoms with Gasteiger partial charge >= 0.3 is 0 Å². The van der Waals surface area contributed by atoms with E-state index in [9.17, 15) is 9.18 Å². The number of thiophene rings is 1. The van der Waals surface area contributed by atoms with Crippen molar-refractivity contribution in [1.29, 1.82) is 0 Å². The van der Waals surface area contributed by atoms with Crippen LogP contribution in [-0.4, -0.2) is 15.7 Å². The molecule has 28 heavy (non-hydrogen) atoms. The predicted octanol–water partition coefficient (Wildman–Crippen LogP) is 5.81. The molecule has 0 aliphatic heterocycles. The molecule has 142 valence electrons. The summed E-state index contributed by atoms with van der Waals surface area (Å²) in [5, 5.41) is 8.77. The lowest BCUT2D eigenvalue weighted by Crippen LogP contribution is -2.12. The molecule has 0 atom stereocenters. The van der Waals surface area contributed by atoms with Gasteiger partial charge in [-0.2, -0.15) is 5.10 Å². The first-order valence-electron chi connectivity index (χ1n) is 8.71. The summed E-state index contributed by atoms with van der Waals surface area (Å²) in [6.45, 7) is 4.13. The van der Waals surface area contributed by atoms with Crippen LogP contribution in [0.1, 0.15) is 26.6 Å². The van der Waals surface area contributed by atoms with Gasteiger partial charge in [0.2, 0.25) is 0 Å². The smallest absolute Gasteiger partial charge is 0.267 e. The number of carbonyl (C=O) groups is 1. The lowest BCUT2D eigenvalue weighted by atomic mass is 10.2. The summed E-state index contributed by atoms with van der Waals surface area (Å²) >= 11 is 7.78. The zero-order valence-electron chi connectivity index (χ0n) is 15.3. The van der Waals surface area contributed by atoms with E-state index in [0.717, 1.165) is 21.3 Å². The van der Waals surface area contributed by atoms with E-state index in [4.69, 9.17) is 11.6 Å². The maximum atomic E-state index is 13.4. The molecule has 0 spiro atoms. The van der Waals surface area contributed by atoms with E-state index in [1.54, 1.807) is 10.7 Å². The van der Waals surface area contributed by atoms with Gasteiger partial charge in [-0.1, -0.05) is 41.9 Å². The second-order valence-corrected chi connectivity index (χ2v) is 7.96. The third-order valence-electron chi connectivity index (χ3n) is 4.58. The van der Waals surface area contributed by atoms with E-state index < -0.39 is 0 Å².